The lowest BCUT2D eigenvalue weighted by Gasteiger charge is -2.31. The van der Waals surface area contributed by atoms with Crippen molar-refractivity contribution >= 4 is 29.2 Å². The zero-order valence-corrected chi connectivity index (χ0v) is 15.1. The van der Waals surface area contributed by atoms with Gasteiger partial charge in [-0.15, -0.1) is 0 Å². The van der Waals surface area contributed by atoms with Crippen molar-refractivity contribution in [3.63, 3.8) is 0 Å². The molecule has 140 valence electrons. The molecule has 3 rings (SSSR count). The third kappa shape index (κ3) is 4.12. The summed E-state index contributed by atoms with van der Waals surface area (Å²) in [5, 5.41) is 3.03. The minimum atomic E-state index is -0.527. The Balaban J connectivity index is 1.51. The van der Waals surface area contributed by atoms with Gasteiger partial charge >= 0.3 is 0 Å². The highest BCUT2D eigenvalue weighted by molar-refractivity contribution is 6.28. The molecule has 2 aliphatic rings. The molecule has 2 aliphatic heterocycles. The van der Waals surface area contributed by atoms with Crippen LogP contribution < -0.4 is 10.2 Å². The monoisotopic (exact) mass is 381 g/mol. The summed E-state index contributed by atoms with van der Waals surface area (Å²) in [5.74, 6) is -0.577. The molecule has 1 aromatic heterocycles. The van der Waals surface area contributed by atoms with Crippen LogP contribution in [-0.2, 0) is 9.59 Å². The van der Waals surface area contributed by atoms with Crippen LogP contribution in [0.2, 0.25) is 5.28 Å². The van der Waals surface area contributed by atoms with Crippen LogP contribution in [0, 0.1) is 11.7 Å². The molecule has 1 atom stereocenters. The summed E-state index contributed by atoms with van der Waals surface area (Å²) >= 11 is 5.74. The zero-order chi connectivity index (χ0) is 18.7. The summed E-state index contributed by atoms with van der Waals surface area (Å²) in [6.45, 7) is 5.66. The smallest absolute Gasteiger partial charge is 0.245 e. The molecule has 1 N–H and O–H groups in total. The molecule has 26 heavy (non-hydrogen) atoms. The van der Waals surface area contributed by atoms with Crippen molar-refractivity contribution in [3.8, 4) is 0 Å². The fourth-order valence-electron chi connectivity index (χ4n) is 3.44. The first-order valence-electron chi connectivity index (χ1n) is 8.62. The van der Waals surface area contributed by atoms with Gasteiger partial charge < -0.3 is 15.1 Å². The van der Waals surface area contributed by atoms with Gasteiger partial charge in [0, 0.05) is 38.1 Å². The summed E-state index contributed by atoms with van der Waals surface area (Å²) in [4.78, 5) is 35.1. The average Bonchev–Trinajstić information content (AvgIpc) is 3.11. The predicted molar refractivity (Wildman–Crippen MR) is 95.3 cm³/mol. The number of piperidine rings is 1. The largest absolute Gasteiger partial charge is 0.352 e. The molecule has 0 spiro atoms. The SMILES string of the molecule is C=CC(=O)N1CCC(C(=O)NC2CCN(c3nc(Cl)ncc3F)C2)CC1. The van der Waals surface area contributed by atoms with Crippen molar-refractivity contribution < 1.29 is 14.0 Å². The fraction of sp³-hybridized carbons (Fsp3) is 0.529. The van der Waals surface area contributed by atoms with E-state index in [2.05, 4.69) is 21.9 Å². The number of carbonyl (C=O) groups excluding carboxylic acids is 2. The lowest BCUT2D eigenvalue weighted by molar-refractivity contribution is -0.132. The summed E-state index contributed by atoms with van der Waals surface area (Å²) in [6.07, 6.45) is 4.33. The van der Waals surface area contributed by atoms with E-state index >= 15 is 0 Å². The number of carbonyl (C=O) groups is 2. The predicted octanol–water partition coefficient (Wildman–Crippen LogP) is 1.39. The lowest BCUT2D eigenvalue weighted by atomic mass is 9.95. The number of nitrogens with one attached hydrogen (secondary N) is 1. The van der Waals surface area contributed by atoms with Crippen LogP contribution in [0.5, 0.6) is 0 Å². The summed E-state index contributed by atoms with van der Waals surface area (Å²) in [6, 6.07) is -0.0662. The third-order valence-corrected chi connectivity index (χ3v) is 5.06. The van der Waals surface area contributed by atoms with E-state index in [9.17, 15) is 14.0 Å². The van der Waals surface area contributed by atoms with Gasteiger partial charge in [0.25, 0.3) is 0 Å². The van der Waals surface area contributed by atoms with Gasteiger partial charge in [0.05, 0.1) is 6.20 Å². The molecular weight excluding hydrogens is 361 g/mol. The van der Waals surface area contributed by atoms with Crippen molar-refractivity contribution in [2.75, 3.05) is 31.1 Å². The van der Waals surface area contributed by atoms with Crippen molar-refractivity contribution in [1.29, 1.82) is 0 Å². The number of hydrogen-bond donors (Lipinski definition) is 1. The molecule has 0 aromatic carbocycles. The second kappa shape index (κ2) is 7.99. The van der Waals surface area contributed by atoms with Gasteiger partial charge in [0.2, 0.25) is 17.1 Å². The Labute approximate surface area is 156 Å². The topological polar surface area (TPSA) is 78.4 Å². The highest BCUT2D eigenvalue weighted by Gasteiger charge is 2.31. The summed E-state index contributed by atoms with van der Waals surface area (Å²) in [7, 11) is 0. The lowest BCUT2D eigenvalue weighted by Crippen LogP contribution is -2.45. The van der Waals surface area contributed by atoms with Gasteiger partial charge in [-0.1, -0.05) is 6.58 Å². The molecular formula is C17H21ClFN5O2. The molecule has 2 fully saturated rings. The Morgan fingerprint density at radius 2 is 2.04 bits per heavy atom. The first-order valence-corrected chi connectivity index (χ1v) is 9.00. The maximum Gasteiger partial charge on any atom is 0.245 e. The maximum absolute atomic E-state index is 13.9. The first-order chi connectivity index (χ1) is 12.5. The summed E-state index contributed by atoms with van der Waals surface area (Å²) in [5.41, 5.74) is 0. The molecule has 0 saturated carbocycles. The quantitative estimate of drug-likeness (QED) is 0.630. The van der Waals surface area contributed by atoms with Crippen LogP contribution in [0.15, 0.2) is 18.9 Å². The number of hydrogen-bond acceptors (Lipinski definition) is 5. The molecule has 0 aliphatic carbocycles. The van der Waals surface area contributed by atoms with E-state index in [0.717, 1.165) is 6.20 Å². The second-order valence-electron chi connectivity index (χ2n) is 6.55. The normalized spacial score (nSPS) is 20.9. The van der Waals surface area contributed by atoms with Crippen molar-refractivity contribution in [1.82, 2.24) is 20.2 Å². The van der Waals surface area contributed by atoms with Crippen LogP contribution >= 0.6 is 11.6 Å². The minimum Gasteiger partial charge on any atom is -0.352 e. The Hall–Kier alpha value is -2.22. The highest BCUT2D eigenvalue weighted by Crippen LogP contribution is 2.23. The average molecular weight is 382 g/mol. The molecule has 0 radical (unpaired) electrons. The van der Waals surface area contributed by atoms with Crippen LogP contribution in [0.4, 0.5) is 10.2 Å². The molecule has 2 saturated heterocycles. The zero-order valence-electron chi connectivity index (χ0n) is 14.3. The van der Waals surface area contributed by atoms with Gasteiger partial charge in [0.15, 0.2) is 11.6 Å². The molecule has 0 bridgehead atoms. The number of anilines is 1. The highest BCUT2D eigenvalue weighted by atomic mass is 35.5. The minimum absolute atomic E-state index is 0.00489. The number of rotatable bonds is 4. The van der Waals surface area contributed by atoms with E-state index < -0.39 is 5.82 Å². The van der Waals surface area contributed by atoms with E-state index in [-0.39, 0.29) is 34.9 Å². The van der Waals surface area contributed by atoms with Crippen molar-refractivity contribution in [2.24, 2.45) is 5.92 Å². The number of aromatic nitrogens is 2. The Kier molecular flexibility index (Phi) is 5.70. The molecule has 1 aromatic rings. The first kappa shape index (κ1) is 18.6. The summed E-state index contributed by atoms with van der Waals surface area (Å²) < 4.78 is 13.9. The fourth-order valence-corrected chi connectivity index (χ4v) is 3.57. The van der Waals surface area contributed by atoms with Crippen LogP contribution in [-0.4, -0.2) is 58.9 Å². The molecule has 1 unspecified atom stereocenters. The number of amides is 2. The van der Waals surface area contributed by atoms with Crippen LogP contribution in [0.3, 0.4) is 0 Å². The van der Waals surface area contributed by atoms with Gasteiger partial charge in [-0.2, -0.15) is 4.98 Å². The van der Waals surface area contributed by atoms with Gasteiger partial charge in [-0.25, -0.2) is 9.37 Å². The number of likely N-dealkylation sites (tertiary alicyclic amines) is 1. The number of nitrogens with zero attached hydrogens (tertiary/aromatic N) is 4. The van der Waals surface area contributed by atoms with Crippen molar-refractivity contribution in [3.05, 3.63) is 30.0 Å². The van der Waals surface area contributed by atoms with Gasteiger partial charge in [-0.3, -0.25) is 9.59 Å². The van der Waals surface area contributed by atoms with Gasteiger partial charge in [0.1, 0.15) is 0 Å². The van der Waals surface area contributed by atoms with Crippen LogP contribution in [0.25, 0.3) is 0 Å². The van der Waals surface area contributed by atoms with Crippen molar-refractivity contribution in [2.45, 2.75) is 25.3 Å². The molecule has 3 heterocycles. The van der Waals surface area contributed by atoms with Crippen LogP contribution in [0.1, 0.15) is 19.3 Å². The van der Waals surface area contributed by atoms with E-state index in [1.165, 1.54) is 6.08 Å². The van der Waals surface area contributed by atoms with E-state index in [4.69, 9.17) is 11.6 Å². The molecule has 7 nitrogen and oxygen atoms in total. The Bertz CT molecular complexity index is 708. The maximum atomic E-state index is 13.9. The van der Waals surface area contributed by atoms with E-state index in [0.29, 0.717) is 45.4 Å². The third-order valence-electron chi connectivity index (χ3n) is 4.88. The standard InChI is InChI=1S/C17H21ClFN5O2/c1-2-14(25)23-6-3-11(4-7-23)16(26)21-12-5-8-24(10-12)15-13(19)9-20-17(18)22-15/h2,9,11-12H,1,3-8,10H2,(H,21,26). The molecule has 9 heteroatoms. The Morgan fingerprint density at radius 1 is 1.31 bits per heavy atom. The van der Waals surface area contributed by atoms with E-state index in [1.54, 1.807) is 9.80 Å². The van der Waals surface area contributed by atoms with Gasteiger partial charge in [-0.05, 0) is 36.9 Å². The molecule has 2 amide bonds. The Morgan fingerprint density at radius 3 is 2.73 bits per heavy atom. The number of halogens is 2. The second-order valence-corrected chi connectivity index (χ2v) is 6.89. The van der Waals surface area contributed by atoms with E-state index in [1.807, 2.05) is 0 Å².